The first kappa shape index (κ1) is 6.80. The summed E-state index contributed by atoms with van der Waals surface area (Å²) in [6, 6.07) is 0. The molecule has 0 aliphatic rings. The first-order chi connectivity index (χ1) is 4.61. The van der Waals surface area contributed by atoms with Crippen LogP contribution in [0.5, 0.6) is 0 Å². The van der Waals surface area contributed by atoms with Crippen LogP contribution in [-0.4, -0.2) is 9.97 Å². The Morgan fingerprint density at radius 1 is 0.900 bits per heavy atom. The third kappa shape index (κ3) is 1.00. The summed E-state index contributed by atoms with van der Waals surface area (Å²) in [6.07, 6.45) is 0. The lowest BCUT2D eigenvalue weighted by molar-refractivity contribution is 1.07. The van der Waals surface area contributed by atoms with Crippen molar-refractivity contribution in [2.24, 2.45) is 0 Å². The molecule has 0 radical (unpaired) electrons. The van der Waals surface area contributed by atoms with Gasteiger partial charge < -0.3 is 11.5 Å². The van der Waals surface area contributed by atoms with Gasteiger partial charge in [0.1, 0.15) is 11.6 Å². The van der Waals surface area contributed by atoms with Crippen LogP contribution >= 0.6 is 0 Å². The molecule has 1 aromatic rings. The molecule has 0 atom stereocenters. The quantitative estimate of drug-likeness (QED) is 0.539. The summed E-state index contributed by atoms with van der Waals surface area (Å²) in [5.74, 6) is 0.811. The molecule has 1 rings (SSSR count). The van der Waals surface area contributed by atoms with Crippen LogP contribution < -0.4 is 11.5 Å². The Labute approximate surface area is 59.3 Å². The minimum atomic E-state index is 0.406. The Kier molecular flexibility index (Phi) is 1.45. The molecular formula is C6H10N4. The second-order valence-corrected chi connectivity index (χ2v) is 2.16. The first-order valence-electron chi connectivity index (χ1n) is 2.97. The number of nitrogens with zero attached hydrogens (tertiary/aromatic N) is 2. The van der Waals surface area contributed by atoms with E-state index in [1.54, 1.807) is 13.8 Å². The molecule has 4 N–H and O–H groups in total. The van der Waals surface area contributed by atoms with E-state index in [-0.39, 0.29) is 0 Å². The second-order valence-electron chi connectivity index (χ2n) is 2.16. The summed E-state index contributed by atoms with van der Waals surface area (Å²) in [7, 11) is 0. The topological polar surface area (TPSA) is 77.8 Å². The summed E-state index contributed by atoms with van der Waals surface area (Å²) >= 11 is 0. The fourth-order valence-corrected chi connectivity index (χ4v) is 0.658. The maximum atomic E-state index is 5.44. The van der Waals surface area contributed by atoms with Gasteiger partial charge in [0.15, 0.2) is 0 Å². The van der Waals surface area contributed by atoms with Gasteiger partial charge in [0.2, 0.25) is 0 Å². The summed E-state index contributed by atoms with van der Waals surface area (Å²) < 4.78 is 0. The number of nitrogens with two attached hydrogens (primary N) is 2. The van der Waals surface area contributed by atoms with E-state index >= 15 is 0 Å². The average Bonchev–Trinajstić information content (AvgIpc) is 1.84. The van der Waals surface area contributed by atoms with Gasteiger partial charge in [-0.25, -0.2) is 4.98 Å². The van der Waals surface area contributed by atoms with E-state index in [1.807, 2.05) is 0 Å². The molecule has 0 fully saturated rings. The molecule has 0 aliphatic carbocycles. The highest BCUT2D eigenvalue weighted by Crippen LogP contribution is 2.09. The molecule has 0 unspecified atom stereocenters. The summed E-state index contributed by atoms with van der Waals surface area (Å²) in [6.45, 7) is 3.60. The van der Waals surface area contributed by atoms with Crippen molar-refractivity contribution in [1.82, 2.24) is 9.97 Å². The van der Waals surface area contributed by atoms with Gasteiger partial charge in [-0.2, -0.15) is 0 Å². The van der Waals surface area contributed by atoms with E-state index in [4.69, 9.17) is 11.5 Å². The van der Waals surface area contributed by atoms with Crippen LogP contribution in [0, 0.1) is 13.8 Å². The molecule has 0 aromatic carbocycles. The van der Waals surface area contributed by atoms with E-state index in [2.05, 4.69) is 9.97 Å². The number of hydrogen-bond donors (Lipinski definition) is 2. The molecule has 0 aliphatic heterocycles. The largest absolute Gasteiger partial charge is 0.382 e. The zero-order valence-corrected chi connectivity index (χ0v) is 6.05. The molecule has 0 spiro atoms. The first-order valence-corrected chi connectivity index (χ1v) is 2.97. The van der Waals surface area contributed by atoms with Crippen molar-refractivity contribution in [3.63, 3.8) is 0 Å². The van der Waals surface area contributed by atoms with Crippen LogP contribution in [0.15, 0.2) is 0 Å². The Hall–Kier alpha value is -1.32. The Balaban J connectivity index is 3.28. The molecule has 54 valence electrons. The predicted octanol–water partition coefficient (Wildman–Crippen LogP) is 0.258. The van der Waals surface area contributed by atoms with Crippen molar-refractivity contribution < 1.29 is 0 Å². The molecule has 4 heteroatoms. The molecule has 0 saturated carbocycles. The third-order valence-electron chi connectivity index (χ3n) is 1.32. The molecule has 1 aromatic heterocycles. The van der Waals surface area contributed by atoms with E-state index in [1.165, 1.54) is 0 Å². The lowest BCUT2D eigenvalue weighted by Crippen LogP contribution is -2.03. The number of hydrogen-bond acceptors (Lipinski definition) is 4. The van der Waals surface area contributed by atoms with Crippen LogP contribution in [0.4, 0.5) is 11.6 Å². The summed E-state index contributed by atoms with van der Waals surface area (Å²) in [4.78, 5) is 7.93. The number of rotatable bonds is 0. The SMILES string of the molecule is Cc1nc(C)c(N)nc1N. The van der Waals surface area contributed by atoms with E-state index in [0.29, 0.717) is 11.6 Å². The zero-order valence-electron chi connectivity index (χ0n) is 6.05. The average molecular weight is 138 g/mol. The van der Waals surface area contributed by atoms with Crippen molar-refractivity contribution in [3.8, 4) is 0 Å². The van der Waals surface area contributed by atoms with Gasteiger partial charge in [-0.3, -0.25) is 4.98 Å². The molecular weight excluding hydrogens is 128 g/mol. The molecule has 0 amide bonds. The number of aryl methyl sites for hydroxylation is 2. The number of anilines is 2. The highest BCUT2D eigenvalue weighted by Gasteiger charge is 2.00. The number of nitrogen functional groups attached to an aromatic ring is 2. The van der Waals surface area contributed by atoms with Crippen molar-refractivity contribution in [3.05, 3.63) is 11.4 Å². The fourth-order valence-electron chi connectivity index (χ4n) is 0.658. The molecule has 0 bridgehead atoms. The monoisotopic (exact) mass is 138 g/mol. The predicted molar refractivity (Wildman–Crippen MR) is 40.3 cm³/mol. The van der Waals surface area contributed by atoms with Crippen LogP contribution in [-0.2, 0) is 0 Å². The normalized spacial score (nSPS) is 9.80. The Morgan fingerprint density at radius 3 is 1.60 bits per heavy atom. The van der Waals surface area contributed by atoms with Crippen molar-refractivity contribution in [1.29, 1.82) is 0 Å². The van der Waals surface area contributed by atoms with Crippen molar-refractivity contribution in [2.75, 3.05) is 11.5 Å². The van der Waals surface area contributed by atoms with Gasteiger partial charge >= 0.3 is 0 Å². The van der Waals surface area contributed by atoms with Crippen molar-refractivity contribution in [2.45, 2.75) is 13.8 Å². The molecule has 10 heavy (non-hydrogen) atoms. The minimum Gasteiger partial charge on any atom is -0.382 e. The van der Waals surface area contributed by atoms with Gasteiger partial charge in [0, 0.05) is 0 Å². The van der Waals surface area contributed by atoms with Crippen LogP contribution in [0.1, 0.15) is 11.4 Å². The molecule has 0 saturated heterocycles. The summed E-state index contributed by atoms with van der Waals surface area (Å²) in [5.41, 5.74) is 12.3. The lowest BCUT2D eigenvalue weighted by Gasteiger charge is -2.01. The Bertz CT molecular complexity index is 206. The van der Waals surface area contributed by atoms with Crippen LogP contribution in [0.3, 0.4) is 0 Å². The maximum absolute atomic E-state index is 5.44. The van der Waals surface area contributed by atoms with Crippen molar-refractivity contribution >= 4 is 11.6 Å². The van der Waals surface area contributed by atoms with Crippen LogP contribution in [0.2, 0.25) is 0 Å². The maximum Gasteiger partial charge on any atom is 0.147 e. The second kappa shape index (κ2) is 2.13. The summed E-state index contributed by atoms with van der Waals surface area (Å²) in [5, 5.41) is 0. The van der Waals surface area contributed by atoms with Gasteiger partial charge in [0.25, 0.3) is 0 Å². The third-order valence-corrected chi connectivity index (χ3v) is 1.32. The number of aromatic nitrogens is 2. The molecule has 4 nitrogen and oxygen atoms in total. The molecule has 1 heterocycles. The minimum absolute atomic E-state index is 0.406. The lowest BCUT2D eigenvalue weighted by atomic mass is 10.4. The zero-order chi connectivity index (χ0) is 7.72. The Morgan fingerprint density at radius 2 is 1.30 bits per heavy atom. The van der Waals surface area contributed by atoms with E-state index in [0.717, 1.165) is 11.4 Å². The fraction of sp³-hybridized carbons (Fsp3) is 0.333. The van der Waals surface area contributed by atoms with Gasteiger partial charge in [-0.05, 0) is 13.8 Å². The smallest absolute Gasteiger partial charge is 0.147 e. The highest BCUT2D eigenvalue weighted by atomic mass is 15.0. The van der Waals surface area contributed by atoms with E-state index in [9.17, 15) is 0 Å². The standard InChI is InChI=1S/C6H10N4/c1-3-5(7)10-6(8)4(2)9-3/h1-2H3,(H4,7,8,10). The van der Waals surface area contributed by atoms with Crippen LogP contribution in [0.25, 0.3) is 0 Å². The van der Waals surface area contributed by atoms with Gasteiger partial charge in [0.05, 0.1) is 11.4 Å². The highest BCUT2D eigenvalue weighted by molar-refractivity contribution is 5.44. The van der Waals surface area contributed by atoms with Gasteiger partial charge in [-0.1, -0.05) is 0 Å². The van der Waals surface area contributed by atoms with E-state index < -0.39 is 0 Å². The van der Waals surface area contributed by atoms with Gasteiger partial charge in [-0.15, -0.1) is 0 Å².